The van der Waals surface area contributed by atoms with Gasteiger partial charge in [0.1, 0.15) is 21.1 Å². The molecule has 0 aliphatic heterocycles. The SMILES string of the molecule is CC(SC1=C(C=C(c2ccc(N(C)C)cc2)c2ccc(N(C)C)cc2)CC/C1=C\C(=C1C=CC(=[N+](C)C)C=C1)c1ccc(N(C)C)cc1)c1cc[n+](C)cc1. The van der Waals surface area contributed by atoms with Crippen LogP contribution < -0.4 is 19.3 Å². The topological polar surface area (TPSA) is 16.6 Å². The largest absolute Gasteiger partial charge is 0.378 e. The summed E-state index contributed by atoms with van der Waals surface area (Å²) in [7, 11) is 18.8. The zero-order valence-electron chi connectivity index (χ0n) is 34.3. The summed E-state index contributed by atoms with van der Waals surface area (Å²) in [4.78, 5) is 7.85. The number of thioether (sulfide) groups is 1. The summed E-state index contributed by atoms with van der Waals surface area (Å²) >= 11 is 1.99. The number of aromatic nitrogens is 1. The predicted molar refractivity (Wildman–Crippen MR) is 240 cm³/mol. The highest BCUT2D eigenvalue weighted by Crippen LogP contribution is 2.48. The highest BCUT2D eigenvalue weighted by molar-refractivity contribution is 8.03. The zero-order chi connectivity index (χ0) is 39.2. The monoisotopic (exact) mass is 747 g/mol. The van der Waals surface area contributed by atoms with Crippen molar-refractivity contribution in [3.05, 3.63) is 178 Å². The van der Waals surface area contributed by atoms with Crippen LogP contribution in [0.2, 0.25) is 0 Å². The molecule has 282 valence electrons. The Morgan fingerprint density at radius 1 is 0.655 bits per heavy atom. The molecule has 6 rings (SSSR count). The van der Waals surface area contributed by atoms with Gasteiger partial charge in [-0.05, 0) is 131 Å². The highest BCUT2D eigenvalue weighted by Gasteiger charge is 2.24. The second-order valence-corrected chi connectivity index (χ2v) is 16.7. The van der Waals surface area contributed by atoms with Gasteiger partial charge in [0.15, 0.2) is 18.1 Å². The molecule has 0 bridgehead atoms. The fourth-order valence-corrected chi connectivity index (χ4v) is 8.20. The van der Waals surface area contributed by atoms with Crippen LogP contribution in [0.25, 0.3) is 11.1 Å². The Morgan fingerprint density at radius 3 is 1.58 bits per heavy atom. The minimum absolute atomic E-state index is 0.269. The second-order valence-electron chi connectivity index (χ2n) is 15.3. The van der Waals surface area contributed by atoms with Gasteiger partial charge in [-0.15, -0.1) is 11.8 Å². The highest BCUT2D eigenvalue weighted by atomic mass is 32.2. The lowest BCUT2D eigenvalue weighted by atomic mass is 9.94. The van der Waals surface area contributed by atoms with E-state index in [9.17, 15) is 0 Å². The van der Waals surface area contributed by atoms with Crippen LogP contribution >= 0.6 is 11.8 Å². The van der Waals surface area contributed by atoms with Crippen molar-refractivity contribution >= 4 is 45.7 Å². The molecule has 1 unspecified atom stereocenters. The van der Waals surface area contributed by atoms with Gasteiger partial charge in [0, 0.05) is 93.8 Å². The number of pyridine rings is 1. The van der Waals surface area contributed by atoms with E-state index in [1.165, 1.54) is 77.8 Å². The fourth-order valence-electron chi connectivity index (χ4n) is 6.93. The van der Waals surface area contributed by atoms with Crippen LogP contribution in [-0.2, 0) is 7.05 Å². The van der Waals surface area contributed by atoms with Crippen molar-refractivity contribution in [2.45, 2.75) is 25.0 Å². The third-order valence-electron chi connectivity index (χ3n) is 10.4. The molecule has 1 aromatic heterocycles. The van der Waals surface area contributed by atoms with E-state index in [1.807, 2.05) is 11.8 Å². The first kappa shape index (κ1) is 39.4. The molecule has 1 atom stereocenters. The number of rotatable bonds is 11. The molecule has 2 aliphatic carbocycles. The summed E-state index contributed by atoms with van der Waals surface area (Å²) in [5.74, 6) is 0. The van der Waals surface area contributed by atoms with Crippen molar-refractivity contribution in [1.29, 1.82) is 0 Å². The molecule has 0 spiro atoms. The van der Waals surface area contributed by atoms with Gasteiger partial charge in [-0.3, -0.25) is 0 Å². The lowest BCUT2D eigenvalue weighted by molar-refractivity contribution is -0.671. The number of hydrogen-bond donors (Lipinski definition) is 0. The number of aryl methyl sites for hydroxylation is 1. The molecule has 3 aromatic carbocycles. The van der Waals surface area contributed by atoms with Crippen LogP contribution in [0.1, 0.15) is 47.3 Å². The van der Waals surface area contributed by atoms with Crippen molar-refractivity contribution in [2.75, 3.05) is 71.1 Å². The molecule has 2 aliphatic rings. The van der Waals surface area contributed by atoms with Gasteiger partial charge < -0.3 is 14.7 Å². The first-order valence-electron chi connectivity index (χ1n) is 19.1. The Bertz CT molecular complexity index is 2130. The summed E-state index contributed by atoms with van der Waals surface area (Å²) < 4.78 is 4.26. The Balaban J connectivity index is 1.54. The van der Waals surface area contributed by atoms with E-state index in [0.29, 0.717) is 0 Å². The van der Waals surface area contributed by atoms with E-state index in [0.717, 1.165) is 12.8 Å². The van der Waals surface area contributed by atoms with Crippen LogP contribution in [0.5, 0.6) is 0 Å². The summed E-state index contributed by atoms with van der Waals surface area (Å²) in [6, 6.07) is 31.5. The third-order valence-corrected chi connectivity index (χ3v) is 11.8. The lowest BCUT2D eigenvalue weighted by Crippen LogP contribution is -2.26. The number of anilines is 3. The maximum atomic E-state index is 2.48. The first-order chi connectivity index (χ1) is 26.4. The van der Waals surface area contributed by atoms with Crippen molar-refractivity contribution in [3.8, 4) is 0 Å². The Kier molecular flexibility index (Phi) is 12.5. The number of hydrogen-bond acceptors (Lipinski definition) is 4. The molecule has 4 aromatic rings. The first-order valence-corrected chi connectivity index (χ1v) is 20.0. The molecular weight excluding hydrogens is 691 g/mol. The molecule has 0 saturated heterocycles. The van der Waals surface area contributed by atoms with E-state index in [2.05, 4.69) is 228 Å². The molecule has 0 saturated carbocycles. The normalized spacial score (nSPS) is 15.1. The standard InChI is InChI=1S/C49H57N5S/c1-35(36-29-31-54(10)32-30-36)55-49-41(33-47(37-13-21-43(22-14-37)50(2)3)38-15-23-44(24-16-38)51(4)5)11-12-42(49)34-48(39-17-25-45(26-18-39)52(6)7)40-19-27-46(28-20-40)53(8)9/h13-35H,11-12H2,1-10H3/q+2. The van der Waals surface area contributed by atoms with E-state index in [1.54, 1.807) is 0 Å². The molecule has 6 heteroatoms. The second kappa shape index (κ2) is 17.4. The lowest BCUT2D eigenvalue weighted by Gasteiger charge is -2.18. The van der Waals surface area contributed by atoms with Crippen LogP contribution in [0.15, 0.2) is 155 Å². The summed E-state index contributed by atoms with van der Waals surface area (Å²) in [5, 5.41) is 0.269. The minimum Gasteiger partial charge on any atom is -0.378 e. The maximum absolute atomic E-state index is 2.48. The summed E-state index contributed by atoms with van der Waals surface area (Å²) in [6.07, 6.45) is 20.2. The number of benzene rings is 3. The molecular formula is C49H57N5S+2. The van der Waals surface area contributed by atoms with Crippen molar-refractivity contribution in [3.63, 3.8) is 0 Å². The quantitative estimate of drug-likeness (QED) is 0.142. The smallest absolute Gasteiger partial charge is 0.199 e. The van der Waals surface area contributed by atoms with Gasteiger partial charge in [-0.25, -0.2) is 9.14 Å². The Morgan fingerprint density at radius 2 is 1.13 bits per heavy atom. The van der Waals surface area contributed by atoms with E-state index in [4.69, 9.17) is 0 Å². The molecule has 0 radical (unpaired) electrons. The van der Waals surface area contributed by atoms with Crippen molar-refractivity contribution in [1.82, 2.24) is 0 Å². The van der Waals surface area contributed by atoms with Gasteiger partial charge >= 0.3 is 0 Å². The summed E-state index contributed by atoms with van der Waals surface area (Å²) in [5.41, 5.74) is 16.2. The van der Waals surface area contributed by atoms with Gasteiger partial charge in [-0.1, -0.05) is 36.4 Å². The maximum Gasteiger partial charge on any atom is 0.199 e. The van der Waals surface area contributed by atoms with E-state index < -0.39 is 0 Å². The molecule has 0 amide bonds. The van der Waals surface area contributed by atoms with Crippen LogP contribution in [0.4, 0.5) is 17.1 Å². The van der Waals surface area contributed by atoms with Gasteiger partial charge in [0.05, 0.1) is 0 Å². The third kappa shape index (κ3) is 9.49. The fraction of sp³-hybridized carbons (Fsp3) is 0.265. The van der Waals surface area contributed by atoms with Gasteiger partial charge in [0.2, 0.25) is 0 Å². The molecule has 55 heavy (non-hydrogen) atoms. The predicted octanol–water partition coefficient (Wildman–Crippen LogP) is 9.90. The van der Waals surface area contributed by atoms with Crippen molar-refractivity contribution < 1.29 is 9.14 Å². The molecule has 0 fully saturated rings. The number of nitrogens with zero attached hydrogens (tertiary/aromatic N) is 5. The summed E-state index contributed by atoms with van der Waals surface area (Å²) in [6.45, 7) is 2.34. The molecule has 5 nitrogen and oxygen atoms in total. The van der Waals surface area contributed by atoms with E-state index in [-0.39, 0.29) is 5.25 Å². The average Bonchev–Trinajstić information content (AvgIpc) is 3.56. The van der Waals surface area contributed by atoms with Gasteiger partial charge in [-0.2, -0.15) is 0 Å². The van der Waals surface area contributed by atoms with Crippen molar-refractivity contribution in [2.24, 2.45) is 7.05 Å². The average molecular weight is 748 g/mol. The van der Waals surface area contributed by atoms with Crippen LogP contribution in [0, 0.1) is 0 Å². The Hall–Kier alpha value is -5.33. The van der Waals surface area contributed by atoms with Crippen LogP contribution in [0.3, 0.4) is 0 Å². The molecule has 0 N–H and O–H groups in total. The Labute approximate surface area is 334 Å². The van der Waals surface area contributed by atoms with E-state index >= 15 is 0 Å². The van der Waals surface area contributed by atoms with Crippen LogP contribution in [-0.4, -0.2) is 66.7 Å². The zero-order valence-corrected chi connectivity index (χ0v) is 35.2. The minimum atomic E-state index is 0.269. The molecule has 1 heterocycles. The number of allylic oxidation sites excluding steroid dienone is 10. The van der Waals surface area contributed by atoms with Gasteiger partial charge in [0.25, 0.3) is 0 Å².